The van der Waals surface area contributed by atoms with Gasteiger partial charge in [-0.2, -0.15) is 5.10 Å². The molecule has 0 fully saturated rings. The Morgan fingerprint density at radius 1 is 0.969 bits per heavy atom. The topological polar surface area (TPSA) is 78.3 Å². The Hall–Kier alpha value is -3.55. The van der Waals surface area contributed by atoms with Crippen molar-refractivity contribution in [2.75, 3.05) is 11.9 Å². The number of hydrogen-bond donors (Lipinski definition) is 1. The van der Waals surface area contributed by atoms with E-state index in [1.807, 2.05) is 18.2 Å². The molecule has 0 atom stereocenters. The molecule has 1 N–H and O–H groups in total. The number of halogens is 2. The van der Waals surface area contributed by atoms with Gasteiger partial charge in [-0.25, -0.2) is 9.67 Å². The zero-order valence-electron chi connectivity index (χ0n) is 16.7. The highest BCUT2D eigenvalue weighted by molar-refractivity contribution is 6.35. The van der Waals surface area contributed by atoms with Gasteiger partial charge in [0.2, 0.25) is 5.88 Å². The molecule has 0 radical (unpaired) electrons. The van der Waals surface area contributed by atoms with Crippen LogP contribution < -0.4 is 14.8 Å². The quantitative estimate of drug-likeness (QED) is 0.372. The maximum Gasteiger partial charge on any atom is 0.263 e. The Morgan fingerprint density at radius 2 is 1.78 bits per heavy atom. The van der Waals surface area contributed by atoms with Gasteiger partial charge in [-0.1, -0.05) is 35.3 Å². The van der Waals surface area contributed by atoms with Crippen molar-refractivity contribution in [3.8, 4) is 17.4 Å². The van der Waals surface area contributed by atoms with Crippen LogP contribution in [0.2, 0.25) is 10.0 Å². The molecule has 4 aromatic rings. The van der Waals surface area contributed by atoms with E-state index in [9.17, 15) is 4.79 Å². The van der Waals surface area contributed by atoms with Crippen molar-refractivity contribution in [2.24, 2.45) is 0 Å². The van der Waals surface area contributed by atoms with E-state index in [4.69, 9.17) is 32.7 Å². The van der Waals surface area contributed by atoms with Gasteiger partial charge in [-0.05, 0) is 48.0 Å². The molecule has 0 bridgehead atoms. The van der Waals surface area contributed by atoms with Gasteiger partial charge in [0.15, 0.2) is 6.61 Å². The molecule has 1 amide bonds. The highest BCUT2D eigenvalue weighted by atomic mass is 35.5. The lowest BCUT2D eigenvalue weighted by Gasteiger charge is -2.11. The average Bonchev–Trinajstić information content (AvgIpc) is 3.22. The minimum absolute atomic E-state index is 0.159. The number of ether oxygens (including phenoxy) is 2. The number of aromatic nitrogens is 3. The third-order valence-electron chi connectivity index (χ3n) is 4.37. The van der Waals surface area contributed by atoms with Gasteiger partial charge in [0, 0.05) is 28.4 Å². The largest absolute Gasteiger partial charge is 0.484 e. The lowest BCUT2D eigenvalue weighted by atomic mass is 10.2. The lowest BCUT2D eigenvalue weighted by molar-refractivity contribution is -0.118. The number of amides is 1. The number of carbonyl (C=O) groups is 1. The van der Waals surface area contributed by atoms with E-state index in [-0.39, 0.29) is 12.5 Å². The second kappa shape index (κ2) is 10.2. The summed E-state index contributed by atoms with van der Waals surface area (Å²) >= 11 is 12.2. The first-order valence-corrected chi connectivity index (χ1v) is 10.4. The van der Waals surface area contributed by atoms with E-state index in [2.05, 4.69) is 15.4 Å². The van der Waals surface area contributed by atoms with Gasteiger partial charge in [0.05, 0.1) is 12.7 Å². The number of pyridine rings is 1. The Labute approximate surface area is 194 Å². The molecule has 4 rings (SSSR count). The van der Waals surface area contributed by atoms with Crippen LogP contribution in [-0.4, -0.2) is 27.3 Å². The summed E-state index contributed by atoms with van der Waals surface area (Å²) in [6.45, 7) is 0.227. The van der Waals surface area contributed by atoms with Crippen molar-refractivity contribution < 1.29 is 14.3 Å². The molecule has 162 valence electrons. The fourth-order valence-electron chi connectivity index (χ4n) is 2.84. The zero-order valence-corrected chi connectivity index (χ0v) is 18.3. The highest BCUT2D eigenvalue weighted by Crippen LogP contribution is 2.24. The molecule has 0 saturated heterocycles. The summed E-state index contributed by atoms with van der Waals surface area (Å²) in [6.07, 6.45) is 3.25. The normalized spacial score (nSPS) is 10.6. The van der Waals surface area contributed by atoms with Gasteiger partial charge < -0.3 is 14.8 Å². The minimum atomic E-state index is -0.317. The Bertz CT molecular complexity index is 1200. The molecule has 0 spiro atoms. The van der Waals surface area contributed by atoms with E-state index in [0.717, 1.165) is 5.56 Å². The number of anilines is 1. The van der Waals surface area contributed by atoms with Gasteiger partial charge >= 0.3 is 0 Å². The van der Waals surface area contributed by atoms with E-state index >= 15 is 0 Å². The molecule has 0 aliphatic heterocycles. The first-order chi connectivity index (χ1) is 15.6. The summed E-state index contributed by atoms with van der Waals surface area (Å²) in [7, 11) is 0. The summed E-state index contributed by atoms with van der Waals surface area (Å²) < 4.78 is 12.8. The molecule has 0 aliphatic rings. The predicted molar refractivity (Wildman–Crippen MR) is 123 cm³/mol. The number of rotatable bonds is 8. The molecule has 7 nitrogen and oxygen atoms in total. The Kier molecular flexibility index (Phi) is 6.89. The third-order valence-corrected chi connectivity index (χ3v) is 4.96. The lowest BCUT2D eigenvalue weighted by Crippen LogP contribution is -2.22. The smallest absolute Gasteiger partial charge is 0.263 e. The average molecular weight is 469 g/mol. The van der Waals surface area contributed by atoms with Gasteiger partial charge in [-0.3, -0.25) is 4.79 Å². The zero-order chi connectivity index (χ0) is 22.3. The Balaban J connectivity index is 1.30. The summed E-state index contributed by atoms with van der Waals surface area (Å²) in [5.74, 6) is 1.86. The molecule has 9 heteroatoms. The molecular formula is C23H18Cl2N4O3. The number of nitrogens with one attached hydrogen (secondary N) is 1. The fourth-order valence-corrected chi connectivity index (χ4v) is 3.30. The summed E-state index contributed by atoms with van der Waals surface area (Å²) in [5.41, 5.74) is 0.833. The van der Waals surface area contributed by atoms with Crippen LogP contribution in [0.15, 0.2) is 79.1 Å². The monoisotopic (exact) mass is 468 g/mol. The molecule has 2 aromatic heterocycles. The van der Waals surface area contributed by atoms with Crippen molar-refractivity contribution in [3.05, 3.63) is 94.7 Å². The number of nitrogens with zero attached hydrogens (tertiary/aromatic N) is 3. The molecule has 2 heterocycles. The van der Waals surface area contributed by atoms with Crippen molar-refractivity contribution >= 4 is 34.9 Å². The fraction of sp³-hybridized carbons (Fsp3) is 0.0870. The van der Waals surface area contributed by atoms with Crippen LogP contribution >= 0.6 is 23.2 Å². The maximum absolute atomic E-state index is 12.4. The van der Waals surface area contributed by atoms with Crippen molar-refractivity contribution in [1.82, 2.24) is 14.8 Å². The summed E-state index contributed by atoms with van der Waals surface area (Å²) in [6, 6.07) is 19.3. The second-order valence-corrected chi connectivity index (χ2v) is 7.53. The molecule has 0 aliphatic carbocycles. The summed E-state index contributed by atoms with van der Waals surface area (Å²) in [5, 5.41) is 8.12. The molecule has 2 aromatic carbocycles. The highest BCUT2D eigenvalue weighted by Gasteiger charge is 2.11. The van der Waals surface area contributed by atoms with Gasteiger partial charge in [-0.15, -0.1) is 0 Å². The molecule has 32 heavy (non-hydrogen) atoms. The predicted octanol–water partition coefficient (Wildman–Crippen LogP) is 5.44. The van der Waals surface area contributed by atoms with Crippen LogP contribution in [-0.2, 0) is 11.3 Å². The van der Waals surface area contributed by atoms with Crippen LogP contribution in [0.3, 0.4) is 0 Å². The number of hydrogen-bond acceptors (Lipinski definition) is 5. The molecular weight excluding hydrogens is 451 g/mol. The van der Waals surface area contributed by atoms with Gasteiger partial charge in [0.25, 0.3) is 5.91 Å². The first kappa shape index (κ1) is 21.7. The van der Waals surface area contributed by atoms with Gasteiger partial charge in [0.1, 0.15) is 17.3 Å². The maximum atomic E-state index is 12.4. The van der Waals surface area contributed by atoms with E-state index in [1.54, 1.807) is 65.6 Å². The molecule has 0 saturated carbocycles. The number of carbonyl (C=O) groups excluding carboxylic acids is 1. The van der Waals surface area contributed by atoms with Crippen molar-refractivity contribution in [3.63, 3.8) is 0 Å². The third kappa shape index (κ3) is 5.78. The first-order valence-electron chi connectivity index (χ1n) is 9.64. The van der Waals surface area contributed by atoms with Crippen LogP contribution in [0.4, 0.5) is 5.82 Å². The minimum Gasteiger partial charge on any atom is -0.484 e. The van der Waals surface area contributed by atoms with E-state index in [0.29, 0.717) is 39.8 Å². The van der Waals surface area contributed by atoms with E-state index < -0.39 is 0 Å². The van der Waals surface area contributed by atoms with Crippen LogP contribution in [0, 0.1) is 0 Å². The molecule has 0 unspecified atom stereocenters. The second-order valence-electron chi connectivity index (χ2n) is 6.69. The van der Waals surface area contributed by atoms with Crippen LogP contribution in [0.5, 0.6) is 17.4 Å². The van der Waals surface area contributed by atoms with Crippen LogP contribution in [0.1, 0.15) is 5.56 Å². The van der Waals surface area contributed by atoms with E-state index in [1.165, 1.54) is 0 Å². The SMILES string of the molecule is O=C(COc1ccc(Oc2ccccn2)cc1)Nc1ccnn1Cc1ccc(Cl)cc1Cl. The summed E-state index contributed by atoms with van der Waals surface area (Å²) in [4.78, 5) is 16.5. The standard InChI is InChI=1S/C23H18Cl2N4O3/c24-17-5-4-16(20(25)13-17)14-29-21(10-12-27-29)28-22(30)15-31-18-6-8-19(9-7-18)32-23-3-1-2-11-26-23/h1-13H,14-15H2,(H,28,30). The van der Waals surface area contributed by atoms with Crippen molar-refractivity contribution in [2.45, 2.75) is 6.54 Å². The van der Waals surface area contributed by atoms with Crippen LogP contribution in [0.25, 0.3) is 0 Å². The van der Waals surface area contributed by atoms with Crippen molar-refractivity contribution in [1.29, 1.82) is 0 Å². The number of benzene rings is 2. The Morgan fingerprint density at radius 3 is 2.53 bits per heavy atom.